The number of hydrazone groups is 1. The zero-order valence-electron chi connectivity index (χ0n) is 14.4. The Labute approximate surface area is 152 Å². The van der Waals surface area contributed by atoms with Gasteiger partial charge < -0.3 is 10.1 Å². The van der Waals surface area contributed by atoms with E-state index in [4.69, 9.17) is 17.0 Å². The summed E-state index contributed by atoms with van der Waals surface area (Å²) >= 11 is 5.20. The van der Waals surface area contributed by atoms with Gasteiger partial charge in [0.2, 0.25) is 0 Å². The van der Waals surface area contributed by atoms with Crippen LogP contribution < -0.4 is 10.7 Å². The highest BCUT2D eigenvalue weighted by molar-refractivity contribution is 7.80. The highest BCUT2D eigenvalue weighted by Gasteiger charge is 2.12. The minimum absolute atomic E-state index is 0.0817. The Morgan fingerprint density at radius 3 is 2.84 bits per heavy atom. The van der Waals surface area contributed by atoms with Crippen LogP contribution in [0.5, 0.6) is 0 Å². The van der Waals surface area contributed by atoms with Crippen LogP contribution in [0.3, 0.4) is 0 Å². The number of hydrogen-bond acceptors (Lipinski definition) is 6. The molecule has 136 valence electrons. The Morgan fingerprint density at radius 1 is 1.44 bits per heavy atom. The molecule has 9 heteroatoms. The van der Waals surface area contributed by atoms with Gasteiger partial charge in [0.1, 0.15) is 0 Å². The van der Waals surface area contributed by atoms with E-state index in [0.29, 0.717) is 22.0 Å². The topological polar surface area (TPSA) is 92.0 Å². The predicted octanol–water partition coefficient (Wildman–Crippen LogP) is 1.42. The van der Waals surface area contributed by atoms with Crippen LogP contribution in [0.15, 0.2) is 23.3 Å². The predicted molar refractivity (Wildman–Crippen MR) is 101 cm³/mol. The Bertz CT molecular complexity index is 659. The number of ether oxygens (including phenoxy) is 1. The molecule has 0 radical (unpaired) electrons. The fourth-order valence-corrected chi connectivity index (χ4v) is 2.57. The maximum Gasteiger partial charge on any atom is 0.272 e. The summed E-state index contributed by atoms with van der Waals surface area (Å²) in [5.74, 6) is 0. The van der Waals surface area contributed by atoms with Crippen LogP contribution in [0.25, 0.3) is 0 Å². The van der Waals surface area contributed by atoms with Crippen LogP contribution in [-0.2, 0) is 4.74 Å². The second kappa shape index (κ2) is 9.40. The third kappa shape index (κ3) is 6.04. The van der Waals surface area contributed by atoms with Crippen LogP contribution in [0.2, 0.25) is 0 Å². The van der Waals surface area contributed by atoms with Crippen LogP contribution >= 0.6 is 12.2 Å². The Kier molecular flexibility index (Phi) is 7.23. The molecule has 8 nitrogen and oxygen atoms in total. The molecule has 25 heavy (non-hydrogen) atoms. The van der Waals surface area contributed by atoms with E-state index in [-0.39, 0.29) is 5.69 Å². The minimum atomic E-state index is -0.392. The molecule has 0 unspecified atom stereocenters. The fourth-order valence-electron chi connectivity index (χ4n) is 2.42. The van der Waals surface area contributed by atoms with E-state index >= 15 is 0 Å². The molecule has 0 aromatic heterocycles. The molecular weight excluding hydrogens is 342 g/mol. The number of aryl methyl sites for hydroxylation is 1. The molecule has 1 heterocycles. The summed E-state index contributed by atoms with van der Waals surface area (Å²) in [6.45, 7) is 8.51. The molecule has 1 aromatic rings. The van der Waals surface area contributed by atoms with Crippen molar-refractivity contribution < 1.29 is 9.66 Å². The number of rotatable bonds is 6. The van der Waals surface area contributed by atoms with Crippen LogP contribution in [0.1, 0.15) is 18.1 Å². The lowest BCUT2D eigenvalue weighted by atomic mass is 10.1. The minimum Gasteiger partial charge on any atom is -0.379 e. The summed E-state index contributed by atoms with van der Waals surface area (Å²) < 4.78 is 5.30. The van der Waals surface area contributed by atoms with Crippen molar-refractivity contribution in [3.63, 3.8) is 0 Å². The van der Waals surface area contributed by atoms with Gasteiger partial charge in [-0.1, -0.05) is 12.1 Å². The largest absolute Gasteiger partial charge is 0.379 e. The first-order valence-electron chi connectivity index (χ1n) is 8.11. The van der Waals surface area contributed by atoms with E-state index in [0.717, 1.165) is 39.4 Å². The average molecular weight is 365 g/mol. The van der Waals surface area contributed by atoms with Gasteiger partial charge in [0.15, 0.2) is 5.11 Å². The van der Waals surface area contributed by atoms with E-state index < -0.39 is 4.92 Å². The normalized spacial score (nSPS) is 15.7. The first kappa shape index (κ1) is 19.2. The SMILES string of the molecule is C/C(=N\NC(=S)NCCN1CCOCC1)c1ccc(C)c([N+](=O)[O-])c1. The van der Waals surface area contributed by atoms with Gasteiger partial charge in [-0.05, 0) is 26.1 Å². The van der Waals surface area contributed by atoms with Crippen molar-refractivity contribution in [2.24, 2.45) is 5.10 Å². The fraction of sp³-hybridized carbons (Fsp3) is 0.500. The maximum atomic E-state index is 11.0. The third-order valence-corrected chi connectivity index (χ3v) is 4.20. The number of nitrogens with one attached hydrogen (secondary N) is 2. The average Bonchev–Trinajstić information content (AvgIpc) is 2.60. The Hall–Kier alpha value is -2.10. The zero-order chi connectivity index (χ0) is 18.2. The van der Waals surface area contributed by atoms with Crippen LogP contribution in [0.4, 0.5) is 5.69 Å². The molecule has 2 N–H and O–H groups in total. The van der Waals surface area contributed by atoms with Gasteiger partial charge in [-0.3, -0.25) is 20.4 Å². The lowest BCUT2D eigenvalue weighted by Gasteiger charge is -2.26. The number of morpholine rings is 1. The molecule has 0 aliphatic carbocycles. The molecule has 2 rings (SSSR count). The van der Waals surface area contributed by atoms with Crippen molar-refractivity contribution in [3.05, 3.63) is 39.4 Å². The summed E-state index contributed by atoms with van der Waals surface area (Å²) in [5.41, 5.74) is 4.79. The number of thiocarbonyl (C=S) groups is 1. The Morgan fingerprint density at radius 2 is 2.16 bits per heavy atom. The summed E-state index contributed by atoms with van der Waals surface area (Å²) in [4.78, 5) is 12.9. The molecule has 1 aliphatic rings. The molecule has 0 atom stereocenters. The number of benzene rings is 1. The molecule has 1 fully saturated rings. The number of nitrogens with zero attached hydrogens (tertiary/aromatic N) is 3. The Balaban J connectivity index is 1.82. The molecule has 0 amide bonds. The molecule has 1 aromatic carbocycles. The molecule has 1 saturated heterocycles. The van der Waals surface area contributed by atoms with Crippen molar-refractivity contribution >= 4 is 28.7 Å². The lowest BCUT2D eigenvalue weighted by Crippen LogP contribution is -2.42. The van der Waals surface area contributed by atoms with Gasteiger partial charge in [-0.2, -0.15) is 5.10 Å². The molecule has 0 spiro atoms. The second-order valence-corrected chi connectivity index (χ2v) is 6.19. The van der Waals surface area contributed by atoms with Gasteiger partial charge in [-0.15, -0.1) is 0 Å². The van der Waals surface area contributed by atoms with Crippen molar-refractivity contribution in [3.8, 4) is 0 Å². The molecular formula is C16H23N5O3S. The number of nitro benzene ring substituents is 1. The number of nitro groups is 1. The van der Waals surface area contributed by atoms with E-state index in [9.17, 15) is 10.1 Å². The maximum absolute atomic E-state index is 11.0. The van der Waals surface area contributed by atoms with E-state index in [1.807, 2.05) is 0 Å². The van der Waals surface area contributed by atoms with E-state index in [2.05, 4.69) is 20.7 Å². The monoisotopic (exact) mass is 365 g/mol. The van der Waals surface area contributed by atoms with Gasteiger partial charge in [0.25, 0.3) is 5.69 Å². The van der Waals surface area contributed by atoms with Gasteiger partial charge in [-0.25, -0.2) is 0 Å². The first-order valence-corrected chi connectivity index (χ1v) is 8.52. The van der Waals surface area contributed by atoms with Gasteiger partial charge in [0.05, 0.1) is 23.8 Å². The van der Waals surface area contributed by atoms with Crippen molar-refractivity contribution in [2.45, 2.75) is 13.8 Å². The molecule has 0 saturated carbocycles. The van der Waals surface area contributed by atoms with Gasteiger partial charge >= 0.3 is 0 Å². The highest BCUT2D eigenvalue weighted by atomic mass is 32.1. The zero-order valence-corrected chi connectivity index (χ0v) is 15.3. The van der Waals surface area contributed by atoms with Crippen molar-refractivity contribution in [1.29, 1.82) is 0 Å². The summed E-state index contributed by atoms with van der Waals surface area (Å²) in [6, 6.07) is 5.04. The first-order chi connectivity index (χ1) is 12.0. The third-order valence-electron chi connectivity index (χ3n) is 3.97. The van der Waals surface area contributed by atoms with E-state index in [1.54, 1.807) is 26.0 Å². The summed E-state index contributed by atoms with van der Waals surface area (Å²) in [5, 5.41) is 18.7. The van der Waals surface area contributed by atoms with Crippen LogP contribution in [-0.4, -0.2) is 60.0 Å². The summed E-state index contributed by atoms with van der Waals surface area (Å²) in [7, 11) is 0. The quantitative estimate of drug-likeness (QED) is 0.341. The number of hydrogen-bond donors (Lipinski definition) is 2. The molecule has 1 aliphatic heterocycles. The standard InChI is InChI=1S/C16H23N5O3S/c1-12-3-4-14(11-15(12)21(22)23)13(2)18-19-16(25)17-5-6-20-7-9-24-10-8-20/h3-4,11H,5-10H2,1-2H3,(H2,17,19,25)/b18-13+. The van der Waals surface area contributed by atoms with Crippen molar-refractivity contribution in [1.82, 2.24) is 15.6 Å². The lowest BCUT2D eigenvalue weighted by molar-refractivity contribution is -0.385. The summed E-state index contributed by atoms with van der Waals surface area (Å²) in [6.07, 6.45) is 0. The second-order valence-electron chi connectivity index (χ2n) is 5.78. The van der Waals surface area contributed by atoms with Crippen LogP contribution in [0, 0.1) is 17.0 Å². The molecule has 0 bridgehead atoms. The van der Waals surface area contributed by atoms with Crippen molar-refractivity contribution in [2.75, 3.05) is 39.4 Å². The highest BCUT2D eigenvalue weighted by Crippen LogP contribution is 2.19. The van der Waals surface area contributed by atoms with Gasteiger partial charge in [0, 0.05) is 43.4 Å². The smallest absolute Gasteiger partial charge is 0.272 e. The van der Waals surface area contributed by atoms with E-state index in [1.165, 1.54) is 6.07 Å².